The maximum Gasteiger partial charge on any atom is 0.247 e. The van der Waals surface area contributed by atoms with Crippen LogP contribution in [-0.2, 0) is 19.1 Å². The van der Waals surface area contributed by atoms with E-state index in [0.717, 1.165) is 0 Å². The number of rotatable bonds is 13. The van der Waals surface area contributed by atoms with Crippen molar-refractivity contribution in [1.82, 2.24) is 15.2 Å². The predicted molar refractivity (Wildman–Crippen MR) is 134 cm³/mol. The van der Waals surface area contributed by atoms with Gasteiger partial charge in [0.25, 0.3) is 0 Å². The van der Waals surface area contributed by atoms with Gasteiger partial charge in [0.15, 0.2) is 0 Å². The van der Waals surface area contributed by atoms with Crippen molar-refractivity contribution >= 4 is 23.5 Å². The van der Waals surface area contributed by atoms with E-state index in [-0.39, 0.29) is 43.7 Å². The highest BCUT2D eigenvalue weighted by molar-refractivity contribution is 5.94. The van der Waals surface area contributed by atoms with Gasteiger partial charge in [0.05, 0.1) is 13.7 Å². The molecule has 0 bridgehead atoms. The molecular formula is C26H36N4O5. The molecule has 1 aromatic heterocycles. The minimum absolute atomic E-state index is 0.0453. The van der Waals surface area contributed by atoms with Crippen LogP contribution in [0.3, 0.4) is 0 Å². The van der Waals surface area contributed by atoms with E-state index in [9.17, 15) is 14.4 Å². The number of carbonyl (C=O) groups is 3. The minimum atomic E-state index is -0.895. The summed E-state index contributed by atoms with van der Waals surface area (Å²) in [5.41, 5.74) is 0.179. The molecule has 2 rings (SSSR count). The van der Waals surface area contributed by atoms with E-state index in [1.165, 1.54) is 12.0 Å². The topological polar surface area (TPSA) is 110 Å². The van der Waals surface area contributed by atoms with E-state index < -0.39 is 11.6 Å². The monoisotopic (exact) mass is 484 g/mol. The fraction of sp³-hybridized carbons (Fsp3) is 0.462. The van der Waals surface area contributed by atoms with Crippen LogP contribution < -0.4 is 15.4 Å². The predicted octanol–water partition coefficient (Wildman–Crippen LogP) is 3.33. The second-order valence-corrected chi connectivity index (χ2v) is 8.75. The molecule has 0 aliphatic rings. The standard InChI is InChI=1S/C26H36N4O5/c1-6-26(2,3)29-25(33)24(19-10-12-20(35-5)13-11-19)30(17-18-34-4)23(32)15-14-22(31)28-21-9-7-8-16-27-21/h7-13,16,24H,6,14-15,17-18H2,1-5H3,(H,29,33)(H,27,28,31). The highest BCUT2D eigenvalue weighted by Gasteiger charge is 2.33. The van der Waals surface area contributed by atoms with Crippen molar-refractivity contribution in [1.29, 1.82) is 0 Å². The van der Waals surface area contributed by atoms with Gasteiger partial charge in [-0.2, -0.15) is 0 Å². The van der Waals surface area contributed by atoms with Crippen molar-refractivity contribution in [3.05, 3.63) is 54.2 Å². The van der Waals surface area contributed by atoms with Gasteiger partial charge in [-0.15, -0.1) is 0 Å². The molecule has 0 saturated heterocycles. The van der Waals surface area contributed by atoms with Crippen LogP contribution in [0.25, 0.3) is 0 Å². The molecule has 2 aromatic rings. The molecule has 0 saturated carbocycles. The molecule has 1 heterocycles. The molecule has 0 spiro atoms. The van der Waals surface area contributed by atoms with E-state index >= 15 is 0 Å². The number of ether oxygens (including phenoxy) is 2. The number of nitrogens with one attached hydrogen (secondary N) is 2. The van der Waals surface area contributed by atoms with E-state index in [2.05, 4.69) is 15.6 Å². The number of hydrogen-bond donors (Lipinski definition) is 2. The third-order valence-electron chi connectivity index (χ3n) is 5.69. The average Bonchev–Trinajstić information content (AvgIpc) is 2.85. The third kappa shape index (κ3) is 8.68. The van der Waals surface area contributed by atoms with Crippen molar-refractivity contribution in [3.63, 3.8) is 0 Å². The fourth-order valence-corrected chi connectivity index (χ4v) is 3.34. The van der Waals surface area contributed by atoms with Crippen molar-refractivity contribution in [3.8, 4) is 5.75 Å². The van der Waals surface area contributed by atoms with E-state index in [4.69, 9.17) is 9.47 Å². The number of methoxy groups -OCH3 is 2. The molecule has 0 aliphatic carbocycles. The lowest BCUT2D eigenvalue weighted by atomic mass is 9.98. The summed E-state index contributed by atoms with van der Waals surface area (Å²) in [5, 5.41) is 5.73. The Hall–Kier alpha value is -3.46. The average molecular weight is 485 g/mol. The Morgan fingerprint density at radius 2 is 1.77 bits per heavy atom. The SMILES string of the molecule is CCC(C)(C)NC(=O)C(c1ccc(OC)cc1)N(CCOC)C(=O)CCC(=O)Nc1ccccn1. The molecule has 3 amide bonds. The molecule has 9 heteroatoms. The smallest absolute Gasteiger partial charge is 0.247 e. The third-order valence-corrected chi connectivity index (χ3v) is 5.69. The first-order valence-electron chi connectivity index (χ1n) is 11.7. The highest BCUT2D eigenvalue weighted by atomic mass is 16.5. The van der Waals surface area contributed by atoms with Gasteiger partial charge in [-0.3, -0.25) is 14.4 Å². The van der Waals surface area contributed by atoms with Gasteiger partial charge in [0, 0.05) is 38.2 Å². The molecule has 0 fully saturated rings. The number of nitrogens with zero attached hydrogens (tertiary/aromatic N) is 2. The fourth-order valence-electron chi connectivity index (χ4n) is 3.34. The molecule has 9 nitrogen and oxygen atoms in total. The second-order valence-electron chi connectivity index (χ2n) is 8.75. The van der Waals surface area contributed by atoms with Gasteiger partial charge in [-0.25, -0.2) is 4.98 Å². The summed E-state index contributed by atoms with van der Waals surface area (Å²) in [6, 6.07) is 11.3. The number of amides is 3. The van der Waals surface area contributed by atoms with Gasteiger partial charge in [-0.05, 0) is 50.1 Å². The zero-order chi connectivity index (χ0) is 25.8. The van der Waals surface area contributed by atoms with E-state index in [1.54, 1.807) is 55.8 Å². The lowest BCUT2D eigenvalue weighted by Gasteiger charge is -2.34. The number of pyridine rings is 1. The Labute approximate surface area is 207 Å². The quantitative estimate of drug-likeness (QED) is 0.451. The van der Waals surface area contributed by atoms with Gasteiger partial charge >= 0.3 is 0 Å². The normalized spacial score (nSPS) is 11.9. The zero-order valence-corrected chi connectivity index (χ0v) is 21.2. The summed E-state index contributed by atoms with van der Waals surface area (Å²) in [6.07, 6.45) is 2.17. The number of aromatic nitrogens is 1. The minimum Gasteiger partial charge on any atom is -0.497 e. The molecule has 2 N–H and O–H groups in total. The van der Waals surface area contributed by atoms with Gasteiger partial charge in [0.1, 0.15) is 17.6 Å². The van der Waals surface area contributed by atoms with E-state index in [1.807, 2.05) is 20.8 Å². The summed E-state index contributed by atoms with van der Waals surface area (Å²) >= 11 is 0. The molecule has 190 valence electrons. The van der Waals surface area contributed by atoms with Crippen LogP contribution in [0.4, 0.5) is 5.82 Å². The van der Waals surface area contributed by atoms with Crippen LogP contribution in [0.1, 0.15) is 51.6 Å². The molecule has 1 unspecified atom stereocenters. The lowest BCUT2D eigenvalue weighted by molar-refractivity contribution is -0.142. The number of anilines is 1. The summed E-state index contributed by atoms with van der Waals surface area (Å²) in [7, 11) is 3.10. The summed E-state index contributed by atoms with van der Waals surface area (Å²) in [4.78, 5) is 44.8. The summed E-state index contributed by atoms with van der Waals surface area (Å²) in [6.45, 7) is 6.27. The Balaban J connectivity index is 2.27. The molecular weight excluding hydrogens is 448 g/mol. The van der Waals surface area contributed by atoms with Crippen molar-refractivity contribution < 1.29 is 23.9 Å². The highest BCUT2D eigenvalue weighted by Crippen LogP contribution is 2.26. The van der Waals surface area contributed by atoms with Crippen LogP contribution in [0, 0.1) is 0 Å². The first-order chi connectivity index (χ1) is 16.7. The largest absolute Gasteiger partial charge is 0.497 e. The maximum absolute atomic E-state index is 13.5. The zero-order valence-electron chi connectivity index (χ0n) is 21.2. The van der Waals surface area contributed by atoms with Crippen molar-refractivity contribution in [2.24, 2.45) is 0 Å². The van der Waals surface area contributed by atoms with Crippen LogP contribution >= 0.6 is 0 Å². The molecule has 1 atom stereocenters. The van der Waals surface area contributed by atoms with E-state index in [0.29, 0.717) is 23.6 Å². The number of benzene rings is 1. The molecule has 0 aliphatic heterocycles. The molecule has 35 heavy (non-hydrogen) atoms. The van der Waals surface area contributed by atoms with Gasteiger partial charge in [-0.1, -0.05) is 25.1 Å². The Bertz CT molecular complexity index is 963. The second kappa shape index (κ2) is 13.4. The first kappa shape index (κ1) is 27.8. The van der Waals surface area contributed by atoms with Gasteiger partial charge < -0.3 is 25.0 Å². The Morgan fingerprint density at radius 1 is 1.06 bits per heavy atom. The number of carbonyl (C=O) groups excluding carboxylic acids is 3. The molecule has 0 radical (unpaired) electrons. The first-order valence-corrected chi connectivity index (χ1v) is 11.7. The molecule has 1 aromatic carbocycles. The van der Waals surface area contributed by atoms with Crippen LogP contribution in [0.5, 0.6) is 5.75 Å². The Morgan fingerprint density at radius 3 is 2.34 bits per heavy atom. The van der Waals surface area contributed by atoms with Crippen LogP contribution in [0.15, 0.2) is 48.7 Å². The summed E-state index contributed by atoms with van der Waals surface area (Å²) < 4.78 is 10.5. The van der Waals surface area contributed by atoms with Crippen molar-refractivity contribution in [2.45, 2.75) is 51.6 Å². The van der Waals surface area contributed by atoms with Crippen LogP contribution in [-0.4, -0.2) is 60.5 Å². The Kier molecular flexibility index (Phi) is 10.7. The van der Waals surface area contributed by atoms with Crippen molar-refractivity contribution in [2.75, 3.05) is 32.7 Å². The maximum atomic E-state index is 13.5. The number of hydrogen-bond acceptors (Lipinski definition) is 6. The summed E-state index contributed by atoms with van der Waals surface area (Å²) in [5.74, 6) is 0.0930. The van der Waals surface area contributed by atoms with Gasteiger partial charge in [0.2, 0.25) is 17.7 Å². The van der Waals surface area contributed by atoms with Crippen LogP contribution in [0.2, 0.25) is 0 Å². The lowest BCUT2D eigenvalue weighted by Crippen LogP contribution is -2.51.